The van der Waals surface area contributed by atoms with Crippen LogP contribution in [0.3, 0.4) is 0 Å². The van der Waals surface area contributed by atoms with Crippen molar-refractivity contribution in [2.75, 3.05) is 0 Å². The Balaban J connectivity index is 1.11. The van der Waals surface area contributed by atoms with Gasteiger partial charge in [0.05, 0.1) is 0 Å². The summed E-state index contributed by atoms with van der Waals surface area (Å²) in [7, 11) is 4.26. The number of aromatic nitrogens is 2. The summed E-state index contributed by atoms with van der Waals surface area (Å²) in [5.41, 5.74) is 19.3. The van der Waals surface area contributed by atoms with Crippen LogP contribution in [0, 0.1) is 0 Å². The molecule has 8 aromatic rings. The van der Waals surface area contributed by atoms with Gasteiger partial charge in [0.25, 0.3) is 0 Å². The zero-order chi connectivity index (χ0) is 33.6. The van der Waals surface area contributed by atoms with Crippen LogP contribution in [-0.4, -0.2) is 0 Å². The van der Waals surface area contributed by atoms with E-state index in [1.165, 1.54) is 89.3 Å². The van der Waals surface area contributed by atoms with Crippen LogP contribution >= 0.6 is 0 Å². The standard InChI is InChI=1S/C48H36N2/c1-49-31-45-27-29-47(49)43-23-19-39(20-24-43)35-7-3-34(4-8-35)38-13-17-42(18-14-38)46-28-30-48(50(2)32-46)44-25-21-40(22-26-44)36-9-5-33(6-10-36)37-11-15-41(45)16-12-37/h3-32H,1-2H3/q+2. The van der Waals surface area contributed by atoms with Crippen molar-refractivity contribution in [3.63, 3.8) is 0 Å². The summed E-state index contributed by atoms with van der Waals surface area (Å²) < 4.78 is 4.45. The highest BCUT2D eigenvalue weighted by Crippen LogP contribution is 2.32. The lowest BCUT2D eigenvalue weighted by Crippen LogP contribution is -2.30. The van der Waals surface area contributed by atoms with Crippen molar-refractivity contribution in [2.45, 2.75) is 0 Å². The average Bonchev–Trinajstić information content (AvgIpc) is 3.18. The Labute approximate surface area is 293 Å². The van der Waals surface area contributed by atoms with Crippen molar-refractivity contribution in [1.82, 2.24) is 0 Å². The van der Waals surface area contributed by atoms with E-state index in [4.69, 9.17) is 0 Å². The molecule has 30 rings (SSSR count). The number of hydrogen-bond acceptors (Lipinski definition) is 0. The highest BCUT2D eigenvalue weighted by atomic mass is 14.9. The Bertz CT molecular complexity index is 2290. The minimum atomic E-state index is 1.18. The fourth-order valence-electron chi connectivity index (χ4n) is 7.24. The molecule has 50 heavy (non-hydrogen) atoms. The monoisotopic (exact) mass is 640 g/mol. The molecular formula is C48H36N2+2. The van der Waals surface area contributed by atoms with E-state index in [0.717, 1.165) is 0 Å². The van der Waals surface area contributed by atoms with Gasteiger partial charge in [0.2, 0.25) is 11.4 Å². The van der Waals surface area contributed by atoms with Gasteiger partial charge in [-0.1, -0.05) is 121 Å². The Morgan fingerprint density at radius 3 is 0.560 bits per heavy atom. The fraction of sp³-hybridized carbons (Fsp3) is 0.0417. The van der Waals surface area contributed by atoms with Crippen molar-refractivity contribution < 1.29 is 9.13 Å². The second kappa shape index (κ2) is 12.3. The Morgan fingerprint density at radius 2 is 0.360 bits per heavy atom. The zero-order valence-corrected chi connectivity index (χ0v) is 28.2. The number of aryl methyl sites for hydroxylation is 2. The minimum Gasteiger partial charge on any atom is -0.200 e. The van der Waals surface area contributed by atoms with Crippen LogP contribution in [0.25, 0.3) is 89.3 Å². The third-order valence-electron chi connectivity index (χ3n) is 10.2. The number of hydrogen-bond donors (Lipinski definition) is 0. The van der Waals surface area contributed by atoms with Crippen LogP contribution in [0.5, 0.6) is 0 Å². The molecule has 12 aliphatic heterocycles. The Kier molecular flexibility index (Phi) is 7.29. The van der Waals surface area contributed by atoms with Crippen molar-refractivity contribution in [2.24, 2.45) is 14.1 Å². The van der Waals surface area contributed by atoms with E-state index in [1.807, 2.05) is 0 Å². The smallest absolute Gasteiger partial charge is 0.200 e. The van der Waals surface area contributed by atoms with Gasteiger partial charge in [-0.2, -0.15) is 0 Å². The topological polar surface area (TPSA) is 7.76 Å². The molecule has 6 aromatic carbocycles. The van der Waals surface area contributed by atoms with Gasteiger partial charge in [-0.15, -0.1) is 0 Å². The summed E-state index contributed by atoms with van der Waals surface area (Å²) in [4.78, 5) is 0. The van der Waals surface area contributed by atoms with Crippen LogP contribution in [0.4, 0.5) is 0 Å². The summed E-state index contributed by atoms with van der Waals surface area (Å²) in [5, 5.41) is 0. The lowest BCUT2D eigenvalue weighted by molar-refractivity contribution is -0.660. The van der Waals surface area contributed by atoms with Crippen LogP contribution in [0.2, 0.25) is 0 Å². The number of rotatable bonds is 0. The molecule has 0 saturated heterocycles. The normalized spacial score (nSPS) is 11.4. The fourth-order valence-corrected chi connectivity index (χ4v) is 7.24. The van der Waals surface area contributed by atoms with E-state index in [-0.39, 0.29) is 0 Å². The van der Waals surface area contributed by atoms with Gasteiger partial charge in [-0.05, 0) is 92.0 Å². The number of pyridine rings is 2. The Hall–Kier alpha value is -6.38. The van der Waals surface area contributed by atoms with Crippen molar-refractivity contribution in [3.8, 4) is 89.3 Å². The lowest BCUT2D eigenvalue weighted by atomic mass is 9.96. The van der Waals surface area contributed by atoms with E-state index in [2.05, 4.69) is 205 Å². The van der Waals surface area contributed by atoms with E-state index in [9.17, 15) is 0 Å². The number of nitrogens with zero attached hydrogens (tertiary/aromatic N) is 2. The molecule has 16 bridgehead atoms. The van der Waals surface area contributed by atoms with Gasteiger partial charge in [-0.3, -0.25) is 0 Å². The van der Waals surface area contributed by atoms with Gasteiger partial charge in [-0.25, -0.2) is 9.13 Å². The molecule has 0 atom stereocenters. The van der Waals surface area contributed by atoms with Crippen molar-refractivity contribution in [3.05, 3.63) is 182 Å². The maximum atomic E-state index is 2.22. The van der Waals surface area contributed by atoms with E-state index >= 15 is 0 Å². The molecule has 10 aliphatic carbocycles. The number of benzene rings is 6. The predicted octanol–water partition coefficient (Wildman–Crippen LogP) is 11.0. The maximum Gasteiger partial charge on any atom is 0.212 e. The van der Waals surface area contributed by atoms with Crippen molar-refractivity contribution >= 4 is 0 Å². The first-order valence-electron chi connectivity index (χ1n) is 17.2. The largest absolute Gasteiger partial charge is 0.212 e. The quantitative estimate of drug-likeness (QED) is 0.146. The first-order chi connectivity index (χ1) is 24.6. The third kappa shape index (κ3) is 5.51. The molecule has 2 heteroatoms. The summed E-state index contributed by atoms with van der Waals surface area (Å²) >= 11 is 0. The van der Waals surface area contributed by atoms with Gasteiger partial charge >= 0.3 is 0 Å². The highest BCUT2D eigenvalue weighted by Gasteiger charge is 2.15. The van der Waals surface area contributed by atoms with Gasteiger partial charge in [0.15, 0.2) is 12.4 Å². The lowest BCUT2D eigenvalue weighted by Gasteiger charge is -2.09. The Morgan fingerprint density at radius 1 is 0.200 bits per heavy atom. The summed E-state index contributed by atoms with van der Waals surface area (Å²) in [6, 6.07) is 62.3. The molecule has 2 nitrogen and oxygen atoms in total. The molecule has 0 unspecified atom stereocenters. The van der Waals surface area contributed by atoms with Gasteiger partial charge in [0, 0.05) is 34.4 Å². The minimum absolute atomic E-state index is 1.18. The predicted molar refractivity (Wildman–Crippen MR) is 206 cm³/mol. The molecule has 0 spiro atoms. The first kappa shape index (κ1) is 29.7. The van der Waals surface area contributed by atoms with Crippen LogP contribution in [0.15, 0.2) is 182 Å². The molecule has 22 aliphatic rings. The molecule has 0 N–H and O–H groups in total. The second-order valence-electron chi connectivity index (χ2n) is 13.3. The van der Waals surface area contributed by atoms with Crippen LogP contribution in [-0.2, 0) is 14.1 Å². The summed E-state index contributed by atoms with van der Waals surface area (Å²) in [6.45, 7) is 0. The summed E-state index contributed by atoms with van der Waals surface area (Å²) in [6.07, 6.45) is 4.45. The van der Waals surface area contributed by atoms with Crippen LogP contribution < -0.4 is 9.13 Å². The molecule has 14 heterocycles. The maximum absolute atomic E-state index is 2.22. The second-order valence-corrected chi connectivity index (χ2v) is 13.3. The molecule has 0 fully saturated rings. The van der Waals surface area contributed by atoms with Crippen molar-refractivity contribution in [1.29, 1.82) is 0 Å². The van der Waals surface area contributed by atoms with E-state index in [1.54, 1.807) is 0 Å². The third-order valence-corrected chi connectivity index (χ3v) is 10.2. The van der Waals surface area contributed by atoms with E-state index < -0.39 is 0 Å². The average molecular weight is 641 g/mol. The molecular weight excluding hydrogens is 605 g/mol. The zero-order valence-electron chi connectivity index (χ0n) is 28.2. The van der Waals surface area contributed by atoms with Crippen LogP contribution in [0.1, 0.15) is 0 Å². The highest BCUT2D eigenvalue weighted by molar-refractivity contribution is 5.77. The van der Waals surface area contributed by atoms with Gasteiger partial charge in [0.1, 0.15) is 14.1 Å². The molecule has 0 amide bonds. The molecule has 0 radical (unpaired) electrons. The first-order valence-corrected chi connectivity index (χ1v) is 17.2. The molecule has 236 valence electrons. The SMILES string of the molecule is C[n+]1cc2ccc1-c1ccc(cc1)-c1ccc(cc1)-c1ccc(cc1)-c1ccc([n+](C)c1)-c1ccc(cc1)-c1ccc(cc1)-c1ccc-2cc1. The molecule has 2 aromatic heterocycles. The molecule has 0 saturated carbocycles. The summed E-state index contributed by atoms with van der Waals surface area (Å²) in [5.74, 6) is 0. The van der Waals surface area contributed by atoms with E-state index in [0.29, 0.717) is 0 Å². The van der Waals surface area contributed by atoms with Gasteiger partial charge < -0.3 is 0 Å².